The molecule has 0 bridgehead atoms. The normalized spacial score (nSPS) is 17.0. The minimum Gasteiger partial charge on any atom is -0.508 e. The Hall–Kier alpha value is -2.05. The molecular weight excluding hydrogens is 304 g/mol. The Balaban J connectivity index is 1.94. The molecule has 6 heteroatoms. The molecule has 3 rings (SSSR count). The van der Waals surface area contributed by atoms with Gasteiger partial charge in [-0.05, 0) is 42.5 Å². The molecule has 0 spiro atoms. The number of nitrogens with zero attached hydrogens (tertiary/aromatic N) is 2. The molecule has 1 N–H and O–H groups in total. The van der Waals surface area contributed by atoms with E-state index in [-0.39, 0.29) is 11.7 Å². The topological polar surface area (TPSA) is 45.5 Å². The summed E-state index contributed by atoms with van der Waals surface area (Å²) < 4.78 is 2.43. The second-order valence-electron chi connectivity index (χ2n) is 4.58. The summed E-state index contributed by atoms with van der Waals surface area (Å²) >= 11 is 6.58. The maximum atomic E-state index is 12.5. The van der Waals surface area contributed by atoms with Gasteiger partial charge in [-0.15, -0.1) is 0 Å². The van der Waals surface area contributed by atoms with Crippen molar-refractivity contribution in [1.82, 2.24) is 4.57 Å². The van der Waals surface area contributed by atoms with Crippen LogP contribution in [0, 0.1) is 0 Å². The van der Waals surface area contributed by atoms with Crippen molar-refractivity contribution in [2.75, 3.05) is 4.90 Å². The zero-order valence-electron chi connectivity index (χ0n) is 11.2. The van der Waals surface area contributed by atoms with Crippen molar-refractivity contribution in [1.29, 1.82) is 0 Å². The van der Waals surface area contributed by atoms with Crippen molar-refractivity contribution < 1.29 is 9.90 Å². The average Bonchev–Trinajstić information content (AvgIpc) is 2.97. The number of hydrogen-bond donors (Lipinski definition) is 1. The molecule has 2 heterocycles. The van der Waals surface area contributed by atoms with Crippen LogP contribution in [0.25, 0.3) is 6.08 Å². The number of phenolic OH excluding ortho intramolecular Hbond substituents is 1. The fraction of sp³-hybridized carbons (Fsp3) is 0.0667. The zero-order chi connectivity index (χ0) is 15.0. The molecule has 0 aliphatic carbocycles. The minimum atomic E-state index is -0.142. The molecule has 0 saturated carbocycles. The Bertz CT molecular complexity index is 747. The summed E-state index contributed by atoms with van der Waals surface area (Å²) in [6.45, 7) is 0. The van der Waals surface area contributed by atoms with Crippen LogP contribution < -0.4 is 4.90 Å². The quantitative estimate of drug-likeness (QED) is 0.683. The monoisotopic (exact) mass is 316 g/mol. The number of aromatic nitrogens is 1. The first-order valence-corrected chi connectivity index (χ1v) is 7.47. The van der Waals surface area contributed by atoms with Crippen LogP contribution in [0.5, 0.6) is 5.75 Å². The van der Waals surface area contributed by atoms with Gasteiger partial charge in [0.2, 0.25) is 0 Å². The van der Waals surface area contributed by atoms with E-state index in [0.717, 1.165) is 5.69 Å². The number of hydrogen-bond acceptors (Lipinski definition) is 4. The van der Waals surface area contributed by atoms with Gasteiger partial charge in [-0.25, -0.2) is 0 Å². The van der Waals surface area contributed by atoms with Crippen molar-refractivity contribution in [3.63, 3.8) is 0 Å². The van der Waals surface area contributed by atoms with Crippen molar-refractivity contribution in [3.05, 3.63) is 53.2 Å². The van der Waals surface area contributed by atoms with E-state index in [1.54, 1.807) is 12.1 Å². The number of phenols is 1. The smallest absolute Gasteiger partial charge is 0.270 e. The molecule has 0 radical (unpaired) electrons. The highest BCUT2D eigenvalue weighted by Crippen LogP contribution is 2.36. The van der Waals surface area contributed by atoms with Gasteiger partial charge in [0.05, 0.1) is 10.6 Å². The lowest BCUT2D eigenvalue weighted by molar-refractivity contribution is -0.113. The van der Waals surface area contributed by atoms with Crippen molar-refractivity contribution >= 4 is 46.0 Å². The number of thioether (sulfide) groups is 1. The molecule has 1 aromatic heterocycles. The van der Waals surface area contributed by atoms with Gasteiger partial charge in [-0.2, -0.15) is 0 Å². The fourth-order valence-corrected chi connectivity index (χ4v) is 3.33. The zero-order valence-corrected chi connectivity index (χ0v) is 12.8. The summed E-state index contributed by atoms with van der Waals surface area (Å²) in [4.78, 5) is 14.6. The number of amides is 1. The van der Waals surface area contributed by atoms with Crippen LogP contribution in [0.15, 0.2) is 47.5 Å². The van der Waals surface area contributed by atoms with Gasteiger partial charge in [-0.1, -0.05) is 24.0 Å². The van der Waals surface area contributed by atoms with Gasteiger partial charge in [0.25, 0.3) is 5.91 Å². The second-order valence-corrected chi connectivity index (χ2v) is 6.25. The number of carbonyl (C=O) groups is 1. The molecule has 2 aromatic rings. The third-order valence-corrected chi connectivity index (χ3v) is 4.47. The van der Waals surface area contributed by atoms with Crippen LogP contribution in [0.1, 0.15) is 5.69 Å². The fourth-order valence-electron chi connectivity index (χ4n) is 2.05. The first kappa shape index (κ1) is 13.9. The summed E-state index contributed by atoms with van der Waals surface area (Å²) in [6.07, 6.45) is 3.76. The molecule has 1 aromatic carbocycles. The van der Waals surface area contributed by atoms with E-state index in [2.05, 4.69) is 0 Å². The third-order valence-electron chi connectivity index (χ3n) is 3.16. The highest BCUT2D eigenvalue weighted by atomic mass is 32.2. The molecule has 0 unspecified atom stereocenters. The number of carbonyl (C=O) groups excluding carboxylic acids is 1. The molecule has 1 saturated heterocycles. The third kappa shape index (κ3) is 2.59. The van der Waals surface area contributed by atoms with Gasteiger partial charge >= 0.3 is 0 Å². The molecule has 21 heavy (non-hydrogen) atoms. The van der Waals surface area contributed by atoms with Crippen LogP contribution in [-0.4, -0.2) is 19.9 Å². The summed E-state index contributed by atoms with van der Waals surface area (Å²) in [5.74, 6) is 0.0143. The molecule has 1 aliphatic rings. The lowest BCUT2D eigenvalue weighted by Gasteiger charge is -2.14. The van der Waals surface area contributed by atoms with Gasteiger partial charge in [0, 0.05) is 18.9 Å². The van der Waals surface area contributed by atoms with E-state index >= 15 is 0 Å². The maximum absolute atomic E-state index is 12.5. The van der Waals surface area contributed by atoms with Gasteiger partial charge < -0.3 is 9.67 Å². The second kappa shape index (κ2) is 5.38. The molecule has 106 valence electrons. The summed E-state index contributed by atoms with van der Waals surface area (Å²) in [6, 6.07) is 10.3. The van der Waals surface area contributed by atoms with E-state index in [1.165, 1.54) is 28.8 Å². The Labute approximate surface area is 131 Å². The summed E-state index contributed by atoms with van der Waals surface area (Å²) in [7, 11) is 1.92. The van der Waals surface area contributed by atoms with Crippen molar-refractivity contribution in [2.45, 2.75) is 0 Å². The highest BCUT2D eigenvalue weighted by molar-refractivity contribution is 8.27. The number of aromatic hydroxyl groups is 1. The average molecular weight is 316 g/mol. The van der Waals surface area contributed by atoms with Crippen molar-refractivity contribution in [3.8, 4) is 5.75 Å². The number of rotatable bonds is 2. The van der Waals surface area contributed by atoms with E-state index in [4.69, 9.17) is 12.2 Å². The Kier molecular flexibility index (Phi) is 3.57. The van der Waals surface area contributed by atoms with E-state index < -0.39 is 0 Å². The van der Waals surface area contributed by atoms with Crippen LogP contribution >= 0.6 is 24.0 Å². The molecule has 1 fully saturated rings. The predicted octanol–water partition coefficient (Wildman–Crippen LogP) is 3.14. The van der Waals surface area contributed by atoms with E-state index in [9.17, 15) is 9.90 Å². The Morgan fingerprint density at radius 2 is 1.95 bits per heavy atom. The van der Waals surface area contributed by atoms with Gasteiger partial charge in [0.15, 0.2) is 4.32 Å². The minimum absolute atomic E-state index is 0.142. The van der Waals surface area contributed by atoms with Crippen molar-refractivity contribution in [2.24, 2.45) is 7.05 Å². The number of thiocarbonyl (C=S) groups is 1. The number of benzene rings is 1. The lowest BCUT2D eigenvalue weighted by Crippen LogP contribution is -2.27. The van der Waals surface area contributed by atoms with Crippen LogP contribution in [0.3, 0.4) is 0 Å². The molecule has 1 amide bonds. The van der Waals surface area contributed by atoms with Crippen LogP contribution in [0.2, 0.25) is 0 Å². The molecule has 0 atom stereocenters. The van der Waals surface area contributed by atoms with E-state index in [0.29, 0.717) is 14.9 Å². The number of anilines is 1. The summed E-state index contributed by atoms with van der Waals surface area (Å²) in [5, 5.41) is 9.33. The predicted molar refractivity (Wildman–Crippen MR) is 89.2 cm³/mol. The van der Waals surface area contributed by atoms with Gasteiger partial charge in [0.1, 0.15) is 5.75 Å². The first-order chi connectivity index (χ1) is 10.1. The van der Waals surface area contributed by atoms with Crippen LogP contribution in [-0.2, 0) is 11.8 Å². The molecular formula is C15H12N2O2S2. The Morgan fingerprint density at radius 3 is 2.57 bits per heavy atom. The molecule has 4 nitrogen and oxygen atoms in total. The summed E-state index contributed by atoms with van der Waals surface area (Å²) in [5.41, 5.74) is 1.60. The SMILES string of the molecule is Cn1cccc1C=C1SC(=S)N(c2ccc(O)cc2)C1=O. The van der Waals surface area contributed by atoms with E-state index in [1.807, 2.05) is 36.0 Å². The lowest BCUT2D eigenvalue weighted by atomic mass is 10.2. The maximum Gasteiger partial charge on any atom is 0.270 e. The first-order valence-electron chi connectivity index (χ1n) is 6.24. The van der Waals surface area contributed by atoms with Gasteiger partial charge in [-0.3, -0.25) is 9.69 Å². The Morgan fingerprint density at radius 1 is 1.24 bits per heavy atom. The number of aryl methyl sites for hydroxylation is 1. The largest absolute Gasteiger partial charge is 0.508 e. The van der Waals surface area contributed by atoms with Crippen LogP contribution in [0.4, 0.5) is 5.69 Å². The molecule has 1 aliphatic heterocycles. The standard InChI is InChI=1S/C15H12N2O2S2/c1-16-8-2-3-11(16)9-13-14(19)17(15(20)21-13)10-4-6-12(18)7-5-10/h2-9,18H,1H3. The highest BCUT2D eigenvalue weighted by Gasteiger charge is 2.33.